The van der Waals surface area contributed by atoms with Crippen molar-refractivity contribution in [3.05, 3.63) is 363 Å². The lowest BCUT2D eigenvalue weighted by Crippen LogP contribution is -2.12. The molecular formula is C97H70N8. The van der Waals surface area contributed by atoms with Crippen LogP contribution in [-0.4, -0.2) is 39.9 Å². The lowest BCUT2D eigenvalue weighted by Gasteiger charge is -2.23. The first kappa shape index (κ1) is 64.8. The van der Waals surface area contributed by atoms with Crippen molar-refractivity contribution in [3.63, 3.8) is 0 Å². The second kappa shape index (κ2) is 28.1. The molecule has 0 saturated carbocycles. The summed E-state index contributed by atoms with van der Waals surface area (Å²) >= 11 is 0. The Labute approximate surface area is 610 Å². The van der Waals surface area contributed by atoms with Gasteiger partial charge in [0.1, 0.15) is 0 Å². The van der Waals surface area contributed by atoms with Gasteiger partial charge >= 0.3 is 0 Å². The van der Waals surface area contributed by atoms with Gasteiger partial charge in [-0.05, 0) is 94.3 Å². The fourth-order valence-electron chi connectivity index (χ4n) is 13.9. The highest BCUT2D eigenvalue weighted by atomic mass is 14.9. The molecular weight excluding hydrogens is 1280 g/mol. The molecule has 0 N–H and O–H groups in total. The van der Waals surface area contributed by atoms with Crippen molar-refractivity contribution < 1.29 is 0 Å². The quantitative estimate of drug-likeness (QED) is 0.111. The highest BCUT2D eigenvalue weighted by Gasteiger charge is 2.22. The van der Waals surface area contributed by atoms with Gasteiger partial charge in [-0.3, -0.25) is 0 Å². The smallest absolute Gasteiger partial charge is 0.160 e. The van der Waals surface area contributed by atoms with Gasteiger partial charge in [-0.2, -0.15) is 0 Å². The first-order chi connectivity index (χ1) is 51.5. The zero-order valence-electron chi connectivity index (χ0n) is 58.6. The average molecular weight is 1350 g/mol. The van der Waals surface area contributed by atoms with E-state index in [0.29, 0.717) is 11.6 Å². The van der Waals surface area contributed by atoms with Crippen molar-refractivity contribution in [2.75, 3.05) is 0 Å². The molecule has 0 fully saturated rings. The van der Waals surface area contributed by atoms with E-state index in [2.05, 4.69) is 295 Å². The van der Waals surface area contributed by atoms with E-state index in [-0.39, 0.29) is 5.41 Å². The minimum Gasteiger partial charge on any atom is -0.245 e. The monoisotopic (exact) mass is 1350 g/mol. The van der Waals surface area contributed by atoms with Crippen LogP contribution in [0.25, 0.3) is 179 Å². The fraction of sp³-hybridized carbons (Fsp3) is 0.0515. The summed E-state index contributed by atoms with van der Waals surface area (Å²) in [5.41, 5.74) is 28.3. The highest BCUT2D eigenvalue weighted by molar-refractivity contribution is 6.07. The van der Waals surface area contributed by atoms with Crippen molar-refractivity contribution in [3.8, 4) is 135 Å². The van der Waals surface area contributed by atoms with E-state index in [1.54, 1.807) is 0 Å². The van der Waals surface area contributed by atoms with Crippen LogP contribution in [0.5, 0.6) is 0 Å². The van der Waals surface area contributed by atoms with Crippen LogP contribution < -0.4 is 0 Å². The SMILES string of the molecule is CC(C)(C)c1cc(-c2ccccc2)nc2c1ccc1ccc(-c3ccc(-c4cccc(-c5cc(-c6ccccc6)nc(-c6ccccc6)n5)c4)cc3)nc12.Cc1cc(-c2ccccc2)nc2c1ccc1ccc(-c3ccc(-c4cccc(-c5nc(-c6ccccc6)cc(-c6ccccc6)n5)c4)cc3)nc12. The molecule has 8 nitrogen and oxygen atoms in total. The minimum absolute atomic E-state index is 0.0645. The summed E-state index contributed by atoms with van der Waals surface area (Å²) in [7, 11) is 0. The number of benzene rings is 12. The van der Waals surface area contributed by atoms with Gasteiger partial charge in [0, 0.05) is 77.2 Å². The Morgan fingerprint density at radius 3 is 0.914 bits per heavy atom. The summed E-state index contributed by atoms with van der Waals surface area (Å²) in [5.74, 6) is 1.40. The highest BCUT2D eigenvalue weighted by Crippen LogP contribution is 2.39. The largest absolute Gasteiger partial charge is 0.245 e. The van der Waals surface area contributed by atoms with E-state index in [1.807, 2.05) is 84.9 Å². The number of rotatable bonds is 12. The standard InChI is InChI=1S/C50H38N4.C47H32N4/c1-50(2,3)42-31-44(34-14-7-4-8-15-34)52-48-41(42)28-26-37-27-29-43(51-47(37)48)36-24-22-33(23-25-36)39-20-13-21-40(30-39)46-32-45(35-16-9-5-10-17-35)53-49(54-46)38-18-11-6-12-19-38;1-31-28-42(33-12-5-2-6-13-33)49-46-40(31)26-24-37-25-27-41(48-45(37)46)36-22-20-32(21-23-36)38-18-11-19-39(29-38)47-50-43(34-14-7-3-8-15-34)30-44(51-47)35-16-9-4-10-17-35/h4-32H,1-3H3;2-30H,1H3. The van der Waals surface area contributed by atoms with Crippen LogP contribution in [0.2, 0.25) is 0 Å². The topological polar surface area (TPSA) is 103 Å². The van der Waals surface area contributed by atoms with Gasteiger partial charge in [-0.15, -0.1) is 0 Å². The molecule has 12 aromatic carbocycles. The normalized spacial score (nSPS) is 11.4. The Balaban J connectivity index is 0.000000155. The van der Waals surface area contributed by atoms with Gasteiger partial charge in [-0.1, -0.05) is 324 Å². The molecule has 0 aliphatic rings. The summed E-state index contributed by atoms with van der Waals surface area (Å²) in [6.07, 6.45) is 0. The van der Waals surface area contributed by atoms with Gasteiger partial charge in [-0.25, -0.2) is 39.9 Å². The second-order valence-electron chi connectivity index (χ2n) is 27.5. The molecule has 6 aromatic heterocycles. The van der Waals surface area contributed by atoms with E-state index in [9.17, 15) is 0 Å². The van der Waals surface area contributed by atoms with Crippen LogP contribution in [0.1, 0.15) is 31.9 Å². The van der Waals surface area contributed by atoms with E-state index in [4.69, 9.17) is 39.9 Å². The van der Waals surface area contributed by atoms with E-state index >= 15 is 0 Å². The van der Waals surface area contributed by atoms with Gasteiger partial charge in [0.15, 0.2) is 11.6 Å². The number of fused-ring (bicyclic) bond motifs is 6. The molecule has 18 rings (SSSR count). The summed E-state index contributed by atoms with van der Waals surface area (Å²) in [6, 6.07) is 122. The molecule has 0 spiro atoms. The average Bonchev–Trinajstić information content (AvgIpc) is 0.755. The molecule has 0 radical (unpaired) electrons. The number of hydrogen-bond acceptors (Lipinski definition) is 8. The third-order valence-electron chi connectivity index (χ3n) is 19.4. The lowest BCUT2D eigenvalue weighted by molar-refractivity contribution is 0.595. The lowest BCUT2D eigenvalue weighted by atomic mass is 9.83. The predicted octanol–water partition coefficient (Wildman–Crippen LogP) is 24.8. The Hall–Kier alpha value is -13.6. The third-order valence-corrected chi connectivity index (χ3v) is 19.4. The number of aryl methyl sites for hydroxylation is 1. The van der Waals surface area contributed by atoms with Crippen molar-refractivity contribution in [1.29, 1.82) is 0 Å². The Morgan fingerprint density at radius 2 is 0.486 bits per heavy atom. The second-order valence-corrected chi connectivity index (χ2v) is 27.5. The van der Waals surface area contributed by atoms with Gasteiger partial charge in [0.2, 0.25) is 0 Å². The zero-order chi connectivity index (χ0) is 70.8. The first-order valence-electron chi connectivity index (χ1n) is 35.5. The molecule has 0 atom stereocenters. The fourth-order valence-corrected chi connectivity index (χ4v) is 13.9. The van der Waals surface area contributed by atoms with Crippen LogP contribution in [0.4, 0.5) is 0 Å². The molecule has 0 saturated heterocycles. The van der Waals surface area contributed by atoms with Gasteiger partial charge in [0.05, 0.1) is 67.6 Å². The van der Waals surface area contributed by atoms with Crippen LogP contribution in [-0.2, 0) is 5.41 Å². The number of nitrogens with zero attached hydrogens (tertiary/aromatic N) is 8. The van der Waals surface area contributed by atoms with Crippen LogP contribution in [0.3, 0.4) is 0 Å². The summed E-state index contributed by atoms with van der Waals surface area (Å²) < 4.78 is 0. The maximum atomic E-state index is 5.28. The molecule has 6 heterocycles. The molecule has 0 aliphatic heterocycles. The summed E-state index contributed by atoms with van der Waals surface area (Å²) in [5, 5.41) is 4.42. The third kappa shape index (κ3) is 13.6. The van der Waals surface area contributed by atoms with Crippen molar-refractivity contribution in [2.45, 2.75) is 33.1 Å². The predicted molar refractivity (Wildman–Crippen MR) is 434 cm³/mol. The Bertz CT molecular complexity index is 6090. The summed E-state index contributed by atoms with van der Waals surface area (Å²) in [4.78, 5) is 40.9. The Morgan fingerprint density at radius 1 is 0.190 bits per heavy atom. The summed E-state index contributed by atoms with van der Waals surface area (Å²) in [6.45, 7) is 8.94. The minimum atomic E-state index is -0.0645. The zero-order valence-corrected chi connectivity index (χ0v) is 58.6. The van der Waals surface area contributed by atoms with Gasteiger partial charge < -0.3 is 0 Å². The molecule has 8 heteroatoms. The molecule has 0 unspecified atom stereocenters. The van der Waals surface area contributed by atoms with Crippen LogP contribution in [0, 0.1) is 6.92 Å². The molecule has 18 aromatic rings. The molecule has 105 heavy (non-hydrogen) atoms. The van der Waals surface area contributed by atoms with E-state index in [1.165, 1.54) is 11.1 Å². The van der Waals surface area contributed by atoms with Crippen molar-refractivity contribution in [2.24, 2.45) is 0 Å². The molecule has 0 aliphatic carbocycles. The van der Waals surface area contributed by atoms with Crippen LogP contribution >= 0.6 is 0 Å². The van der Waals surface area contributed by atoms with Gasteiger partial charge in [0.25, 0.3) is 0 Å². The molecule has 0 bridgehead atoms. The Kier molecular flexibility index (Phi) is 17.3. The van der Waals surface area contributed by atoms with Crippen molar-refractivity contribution in [1.82, 2.24) is 39.9 Å². The number of hydrogen-bond donors (Lipinski definition) is 0. The maximum absolute atomic E-state index is 5.28. The molecule has 0 amide bonds. The maximum Gasteiger partial charge on any atom is 0.160 e. The first-order valence-corrected chi connectivity index (χ1v) is 35.5. The van der Waals surface area contributed by atoms with E-state index < -0.39 is 0 Å². The molecule has 498 valence electrons. The van der Waals surface area contributed by atoms with E-state index in [0.717, 1.165) is 167 Å². The number of aromatic nitrogens is 8. The van der Waals surface area contributed by atoms with Crippen molar-refractivity contribution >= 4 is 43.6 Å². The van der Waals surface area contributed by atoms with Crippen LogP contribution in [0.15, 0.2) is 352 Å². The number of pyridine rings is 4.